The number of anilines is 1. The molecule has 0 spiro atoms. The Morgan fingerprint density at radius 3 is 2.40 bits per heavy atom. The van der Waals surface area contributed by atoms with Crippen LogP contribution in [0.3, 0.4) is 0 Å². The molecule has 3 amide bonds. The molecule has 0 aliphatic heterocycles. The van der Waals surface area contributed by atoms with Gasteiger partial charge in [0.25, 0.3) is 0 Å². The summed E-state index contributed by atoms with van der Waals surface area (Å²) in [4.78, 5) is 36.0. The van der Waals surface area contributed by atoms with Gasteiger partial charge in [-0.1, -0.05) is 12.1 Å². The number of carbonyl (C=O) groups excluding carboxylic acids is 3. The van der Waals surface area contributed by atoms with Gasteiger partial charge in [-0.15, -0.1) is 0 Å². The molecule has 0 aliphatic carbocycles. The van der Waals surface area contributed by atoms with E-state index in [0.29, 0.717) is 11.3 Å². The highest BCUT2D eigenvalue weighted by Gasteiger charge is 2.17. The predicted molar refractivity (Wildman–Crippen MR) is 76.8 cm³/mol. The molecule has 1 aromatic rings. The van der Waals surface area contributed by atoms with Crippen molar-refractivity contribution in [2.24, 2.45) is 0 Å². The molecule has 1 atom stereocenters. The van der Waals surface area contributed by atoms with Gasteiger partial charge in [0, 0.05) is 25.3 Å². The molecule has 1 rings (SSSR count). The van der Waals surface area contributed by atoms with E-state index in [1.54, 1.807) is 45.3 Å². The zero-order chi connectivity index (χ0) is 15.3. The van der Waals surface area contributed by atoms with E-state index in [-0.39, 0.29) is 11.7 Å². The Hall–Kier alpha value is -2.37. The van der Waals surface area contributed by atoms with Gasteiger partial charge in [0.1, 0.15) is 6.04 Å². The molecule has 0 radical (unpaired) electrons. The van der Waals surface area contributed by atoms with Crippen molar-refractivity contribution < 1.29 is 14.4 Å². The van der Waals surface area contributed by atoms with E-state index in [1.165, 1.54) is 11.8 Å². The first-order valence-electron chi connectivity index (χ1n) is 6.21. The molecule has 0 aliphatic rings. The Bertz CT molecular complexity index is 526. The van der Waals surface area contributed by atoms with Crippen molar-refractivity contribution in [3.05, 3.63) is 29.8 Å². The number of likely N-dealkylation sites (N-methyl/N-ethyl adjacent to an activating group) is 1. The molecule has 2 N–H and O–H groups in total. The van der Waals surface area contributed by atoms with Crippen LogP contribution >= 0.6 is 0 Å². The topological polar surface area (TPSA) is 78.5 Å². The zero-order valence-corrected chi connectivity index (χ0v) is 12.1. The fourth-order valence-electron chi connectivity index (χ4n) is 1.63. The molecule has 0 saturated heterocycles. The van der Waals surface area contributed by atoms with E-state index < -0.39 is 12.1 Å². The number of ketones is 1. The fraction of sp³-hybridized carbons (Fsp3) is 0.357. The maximum absolute atomic E-state index is 11.8. The van der Waals surface area contributed by atoms with E-state index in [0.717, 1.165) is 0 Å². The molecular formula is C14H19N3O3. The lowest BCUT2D eigenvalue weighted by molar-refractivity contribution is -0.130. The maximum Gasteiger partial charge on any atom is 0.319 e. The summed E-state index contributed by atoms with van der Waals surface area (Å²) in [6.07, 6.45) is 0. The van der Waals surface area contributed by atoms with Gasteiger partial charge < -0.3 is 15.5 Å². The summed E-state index contributed by atoms with van der Waals surface area (Å²) >= 11 is 0. The minimum atomic E-state index is -0.624. The number of rotatable bonds is 4. The van der Waals surface area contributed by atoms with E-state index >= 15 is 0 Å². The van der Waals surface area contributed by atoms with E-state index in [2.05, 4.69) is 10.6 Å². The van der Waals surface area contributed by atoms with Crippen LogP contribution in [0.4, 0.5) is 10.5 Å². The number of nitrogens with one attached hydrogen (secondary N) is 2. The highest BCUT2D eigenvalue weighted by Crippen LogP contribution is 2.11. The summed E-state index contributed by atoms with van der Waals surface area (Å²) in [7, 11) is 3.24. The smallest absolute Gasteiger partial charge is 0.319 e. The van der Waals surface area contributed by atoms with Crippen LogP contribution in [-0.2, 0) is 4.79 Å². The number of benzene rings is 1. The maximum atomic E-state index is 11.8. The van der Waals surface area contributed by atoms with Crippen molar-refractivity contribution in [3.63, 3.8) is 0 Å². The van der Waals surface area contributed by atoms with Crippen LogP contribution in [0, 0.1) is 0 Å². The monoisotopic (exact) mass is 277 g/mol. The van der Waals surface area contributed by atoms with Gasteiger partial charge in [-0.3, -0.25) is 9.59 Å². The number of carbonyl (C=O) groups is 3. The number of amides is 3. The van der Waals surface area contributed by atoms with E-state index in [1.807, 2.05) is 0 Å². The molecule has 1 unspecified atom stereocenters. The van der Waals surface area contributed by atoms with Gasteiger partial charge in [0.2, 0.25) is 5.91 Å². The first kappa shape index (κ1) is 15.7. The molecule has 20 heavy (non-hydrogen) atoms. The minimum absolute atomic E-state index is 0.0785. The molecule has 6 heteroatoms. The lowest BCUT2D eigenvalue weighted by atomic mass is 10.1. The van der Waals surface area contributed by atoms with Crippen molar-refractivity contribution in [2.75, 3.05) is 19.4 Å². The van der Waals surface area contributed by atoms with Gasteiger partial charge >= 0.3 is 6.03 Å². The Balaban J connectivity index is 2.65. The molecule has 6 nitrogen and oxygen atoms in total. The average Bonchev–Trinajstić information content (AvgIpc) is 2.37. The molecule has 0 saturated carbocycles. The molecule has 1 aromatic carbocycles. The number of Topliss-reactive ketones (excluding diaryl/α,β-unsaturated/α-hetero) is 1. The number of nitrogens with zero attached hydrogens (tertiary/aromatic N) is 1. The second-order valence-corrected chi connectivity index (χ2v) is 4.69. The zero-order valence-electron chi connectivity index (χ0n) is 12.1. The average molecular weight is 277 g/mol. The van der Waals surface area contributed by atoms with Crippen LogP contribution < -0.4 is 10.6 Å². The second-order valence-electron chi connectivity index (χ2n) is 4.69. The van der Waals surface area contributed by atoms with Crippen LogP contribution in [0.5, 0.6) is 0 Å². The molecule has 0 bridgehead atoms. The third-order valence-corrected chi connectivity index (χ3v) is 2.69. The third-order valence-electron chi connectivity index (χ3n) is 2.69. The van der Waals surface area contributed by atoms with Crippen molar-refractivity contribution >= 4 is 23.4 Å². The summed E-state index contributed by atoms with van der Waals surface area (Å²) in [5.74, 6) is -0.275. The molecular weight excluding hydrogens is 258 g/mol. The van der Waals surface area contributed by atoms with Crippen LogP contribution in [0.25, 0.3) is 0 Å². The standard InChI is InChI=1S/C14H19N3O3/c1-9(13(19)17(3)4)15-14(20)16-12-7-5-6-11(8-12)10(2)18/h5-9H,1-4H3,(H2,15,16,20). The Morgan fingerprint density at radius 1 is 1.20 bits per heavy atom. The van der Waals surface area contributed by atoms with Gasteiger partial charge in [-0.05, 0) is 26.0 Å². The van der Waals surface area contributed by atoms with E-state index in [4.69, 9.17) is 0 Å². The Morgan fingerprint density at radius 2 is 1.85 bits per heavy atom. The van der Waals surface area contributed by atoms with Gasteiger partial charge in [0.05, 0.1) is 0 Å². The quantitative estimate of drug-likeness (QED) is 0.818. The normalized spacial score (nSPS) is 11.4. The Kier molecular flexibility index (Phi) is 5.25. The first-order valence-corrected chi connectivity index (χ1v) is 6.21. The molecule has 108 valence electrons. The molecule has 0 heterocycles. The number of hydrogen-bond donors (Lipinski definition) is 2. The largest absolute Gasteiger partial charge is 0.347 e. The lowest BCUT2D eigenvalue weighted by Crippen LogP contribution is -2.45. The van der Waals surface area contributed by atoms with Gasteiger partial charge in [-0.2, -0.15) is 0 Å². The molecule has 0 aromatic heterocycles. The fourth-order valence-corrected chi connectivity index (χ4v) is 1.63. The van der Waals surface area contributed by atoms with Crippen LogP contribution in [0.2, 0.25) is 0 Å². The van der Waals surface area contributed by atoms with Crippen molar-refractivity contribution in [1.82, 2.24) is 10.2 Å². The predicted octanol–water partition coefficient (Wildman–Crippen LogP) is 1.49. The second kappa shape index (κ2) is 6.70. The molecule has 0 fully saturated rings. The Labute approximate surface area is 118 Å². The van der Waals surface area contributed by atoms with Crippen molar-refractivity contribution in [3.8, 4) is 0 Å². The third kappa shape index (κ3) is 4.38. The summed E-state index contributed by atoms with van der Waals surface area (Å²) < 4.78 is 0. The minimum Gasteiger partial charge on any atom is -0.347 e. The number of urea groups is 1. The SMILES string of the molecule is CC(=O)c1cccc(NC(=O)NC(C)C(=O)N(C)C)c1. The summed E-state index contributed by atoms with van der Waals surface area (Å²) in [6, 6.07) is 5.49. The summed E-state index contributed by atoms with van der Waals surface area (Å²) in [5, 5.41) is 5.12. The van der Waals surface area contributed by atoms with Crippen LogP contribution in [0.1, 0.15) is 24.2 Å². The van der Waals surface area contributed by atoms with E-state index in [9.17, 15) is 14.4 Å². The van der Waals surface area contributed by atoms with Crippen molar-refractivity contribution in [1.29, 1.82) is 0 Å². The highest BCUT2D eigenvalue weighted by atomic mass is 16.2. The van der Waals surface area contributed by atoms with Crippen LogP contribution in [-0.4, -0.2) is 42.8 Å². The van der Waals surface area contributed by atoms with Crippen LogP contribution in [0.15, 0.2) is 24.3 Å². The summed E-state index contributed by atoms with van der Waals surface area (Å²) in [6.45, 7) is 3.06. The highest BCUT2D eigenvalue weighted by molar-refractivity contribution is 5.97. The number of hydrogen-bond acceptors (Lipinski definition) is 3. The summed E-state index contributed by atoms with van der Waals surface area (Å²) in [5.41, 5.74) is 1.01. The van der Waals surface area contributed by atoms with Gasteiger partial charge in [-0.25, -0.2) is 4.79 Å². The van der Waals surface area contributed by atoms with Gasteiger partial charge in [0.15, 0.2) is 5.78 Å². The first-order chi connectivity index (χ1) is 9.31. The lowest BCUT2D eigenvalue weighted by Gasteiger charge is -2.18. The van der Waals surface area contributed by atoms with Crippen molar-refractivity contribution in [2.45, 2.75) is 19.9 Å².